The molecule has 1 atom stereocenters. The lowest BCUT2D eigenvalue weighted by atomic mass is 10.4. The Bertz CT molecular complexity index is 159. The molecule has 0 aromatic rings. The van der Waals surface area contributed by atoms with E-state index in [-0.39, 0.29) is 0 Å². The highest BCUT2D eigenvalue weighted by atomic mass is 19.1. The molecule has 0 aliphatic rings. The van der Waals surface area contributed by atoms with Gasteiger partial charge < -0.3 is 15.2 Å². The van der Waals surface area contributed by atoms with Crippen LogP contribution < -0.4 is 5.32 Å². The number of aliphatic hydroxyl groups excluding tert-OH is 1. The van der Waals surface area contributed by atoms with Crippen molar-refractivity contribution in [2.75, 3.05) is 13.3 Å². The van der Waals surface area contributed by atoms with Crippen LogP contribution in [0.3, 0.4) is 0 Å². The summed E-state index contributed by atoms with van der Waals surface area (Å²) in [5, 5.41) is 11.5. The summed E-state index contributed by atoms with van der Waals surface area (Å²) in [5.41, 5.74) is 0.411. The first-order valence-corrected chi connectivity index (χ1v) is 3.68. The van der Waals surface area contributed by atoms with Gasteiger partial charge in [-0.1, -0.05) is 12.7 Å². The van der Waals surface area contributed by atoms with Crippen LogP contribution >= 0.6 is 0 Å². The predicted octanol–water partition coefficient (Wildman–Crippen LogP) is 0.928. The van der Waals surface area contributed by atoms with Crippen molar-refractivity contribution in [3.63, 3.8) is 0 Å². The van der Waals surface area contributed by atoms with Gasteiger partial charge in [0, 0.05) is 12.3 Å². The molecule has 0 aliphatic heterocycles. The van der Waals surface area contributed by atoms with Gasteiger partial charge in [-0.2, -0.15) is 0 Å². The van der Waals surface area contributed by atoms with Gasteiger partial charge in [0.1, 0.15) is 6.67 Å². The molecule has 0 heterocycles. The van der Waals surface area contributed by atoms with Crippen LogP contribution in [0.4, 0.5) is 4.39 Å². The number of alkyl halides is 1. The topological polar surface area (TPSA) is 41.5 Å². The maximum atomic E-state index is 11.6. The summed E-state index contributed by atoms with van der Waals surface area (Å²) >= 11 is 0. The second kappa shape index (κ2) is 6.82. The summed E-state index contributed by atoms with van der Waals surface area (Å²) in [4.78, 5) is 0. The van der Waals surface area contributed by atoms with Gasteiger partial charge in [0.2, 0.25) is 6.41 Å². The highest BCUT2D eigenvalue weighted by molar-refractivity contribution is 5.11. The van der Waals surface area contributed by atoms with Crippen LogP contribution in [0.2, 0.25) is 0 Å². The molecule has 2 N–H and O–H groups in total. The third kappa shape index (κ3) is 5.88. The maximum Gasteiger partial charge on any atom is 0.235 e. The van der Waals surface area contributed by atoms with E-state index in [9.17, 15) is 4.39 Å². The second-order valence-electron chi connectivity index (χ2n) is 2.03. The van der Waals surface area contributed by atoms with Gasteiger partial charge >= 0.3 is 0 Å². The van der Waals surface area contributed by atoms with Gasteiger partial charge in [0.15, 0.2) is 0 Å². The predicted molar refractivity (Wildman–Crippen MR) is 45.0 cm³/mol. The first-order valence-electron chi connectivity index (χ1n) is 3.68. The Hall–Kier alpha value is -0.870. The van der Waals surface area contributed by atoms with E-state index in [2.05, 4.69) is 11.9 Å². The van der Waals surface area contributed by atoms with Crippen molar-refractivity contribution in [2.45, 2.75) is 13.3 Å². The molecule has 1 unspecified atom stereocenters. The van der Waals surface area contributed by atoms with Gasteiger partial charge in [-0.05, 0) is 13.0 Å². The van der Waals surface area contributed by atoms with Crippen molar-refractivity contribution in [2.24, 2.45) is 0 Å². The lowest BCUT2D eigenvalue weighted by Crippen LogP contribution is -2.29. The Balaban J connectivity index is 3.61. The molecule has 0 aromatic carbocycles. The largest absolute Gasteiger partial charge is 0.351 e. The van der Waals surface area contributed by atoms with E-state index in [1.54, 1.807) is 6.92 Å². The van der Waals surface area contributed by atoms with Gasteiger partial charge in [0.05, 0.1) is 0 Å². The highest BCUT2D eigenvalue weighted by Gasteiger charge is 1.99. The summed E-state index contributed by atoms with van der Waals surface area (Å²) in [6.45, 7) is 5.11. The Morgan fingerprint density at radius 3 is 3.00 bits per heavy atom. The summed E-state index contributed by atoms with van der Waals surface area (Å²) in [7, 11) is 0. The van der Waals surface area contributed by atoms with Crippen LogP contribution in [0.25, 0.3) is 0 Å². The molecule has 4 heteroatoms. The fourth-order valence-corrected chi connectivity index (χ4v) is 0.593. The Labute approximate surface area is 71.5 Å². The number of allylic oxidation sites excluding steroid dienone is 2. The first-order chi connectivity index (χ1) is 5.70. The smallest absolute Gasteiger partial charge is 0.235 e. The minimum absolute atomic E-state index is 0.397. The number of rotatable bonds is 6. The highest BCUT2D eigenvalue weighted by Crippen LogP contribution is 1.91. The van der Waals surface area contributed by atoms with Crippen molar-refractivity contribution in [1.29, 1.82) is 0 Å². The van der Waals surface area contributed by atoms with Crippen LogP contribution in [-0.4, -0.2) is 24.8 Å². The Kier molecular flexibility index (Phi) is 6.32. The number of aliphatic hydroxyl groups is 1. The molecule has 0 bridgehead atoms. The van der Waals surface area contributed by atoms with E-state index >= 15 is 0 Å². The van der Waals surface area contributed by atoms with Crippen LogP contribution in [0.1, 0.15) is 6.92 Å². The molecule has 0 saturated heterocycles. The molecule has 0 radical (unpaired) electrons. The summed E-state index contributed by atoms with van der Waals surface area (Å²) in [5.74, 6) is 0. The molecule has 12 heavy (non-hydrogen) atoms. The minimum atomic E-state index is -1.08. The van der Waals surface area contributed by atoms with Gasteiger partial charge in [-0.25, -0.2) is 4.39 Å². The third-order valence-corrected chi connectivity index (χ3v) is 1.04. The molecule has 0 fully saturated rings. The maximum absolute atomic E-state index is 11.6. The fourth-order valence-electron chi connectivity index (χ4n) is 0.593. The molecule has 0 aliphatic carbocycles. The number of hydrogen-bond donors (Lipinski definition) is 2. The second-order valence-corrected chi connectivity index (χ2v) is 2.03. The molecule has 0 spiro atoms. The van der Waals surface area contributed by atoms with Crippen LogP contribution in [0.15, 0.2) is 24.4 Å². The summed E-state index contributed by atoms with van der Waals surface area (Å²) < 4.78 is 16.3. The molecule has 70 valence electrons. The van der Waals surface area contributed by atoms with E-state index in [1.807, 2.05) is 0 Å². The quantitative estimate of drug-likeness (QED) is 0.466. The van der Waals surface area contributed by atoms with E-state index < -0.39 is 13.1 Å². The first kappa shape index (κ1) is 11.1. The lowest BCUT2D eigenvalue weighted by molar-refractivity contribution is -0.109. The van der Waals surface area contributed by atoms with Crippen molar-refractivity contribution in [3.05, 3.63) is 24.4 Å². The molecule has 0 aromatic heterocycles. The number of halogens is 1. The third-order valence-electron chi connectivity index (χ3n) is 1.04. The molecule has 0 rings (SSSR count). The van der Waals surface area contributed by atoms with E-state index in [0.29, 0.717) is 12.3 Å². The zero-order chi connectivity index (χ0) is 9.40. The van der Waals surface area contributed by atoms with E-state index in [1.165, 1.54) is 12.2 Å². The molecule has 0 saturated carbocycles. The van der Waals surface area contributed by atoms with E-state index in [4.69, 9.17) is 9.84 Å². The van der Waals surface area contributed by atoms with Gasteiger partial charge in [0.25, 0.3) is 0 Å². The zero-order valence-electron chi connectivity index (χ0n) is 7.09. The van der Waals surface area contributed by atoms with Crippen LogP contribution in [-0.2, 0) is 4.74 Å². The Morgan fingerprint density at radius 2 is 2.50 bits per heavy atom. The van der Waals surface area contributed by atoms with E-state index in [0.717, 1.165) is 0 Å². The molecular formula is C8H14FNO2. The minimum Gasteiger partial charge on any atom is -0.351 e. The summed E-state index contributed by atoms with van der Waals surface area (Å²) in [6, 6.07) is 0. The average molecular weight is 175 g/mol. The van der Waals surface area contributed by atoms with Crippen molar-refractivity contribution < 1.29 is 14.2 Å². The Morgan fingerprint density at radius 1 is 1.83 bits per heavy atom. The van der Waals surface area contributed by atoms with Crippen molar-refractivity contribution in [3.8, 4) is 0 Å². The zero-order valence-corrected chi connectivity index (χ0v) is 7.09. The molecular weight excluding hydrogens is 161 g/mol. The van der Waals surface area contributed by atoms with Crippen molar-refractivity contribution >= 4 is 0 Å². The molecule has 0 amide bonds. The SMILES string of the molecule is C=C(/C=C\CF)NC(O)OCC. The van der Waals surface area contributed by atoms with Gasteiger partial charge in [-0.3, -0.25) is 0 Å². The normalized spacial score (nSPS) is 13.2. The number of hydrogen-bond acceptors (Lipinski definition) is 3. The standard InChI is InChI=1S/C8H14FNO2/c1-3-12-8(11)10-7(2)5-4-6-9/h4-5,8,10-11H,2-3,6H2,1H3/b5-4-. The monoisotopic (exact) mass is 175 g/mol. The molecule has 3 nitrogen and oxygen atoms in total. The van der Waals surface area contributed by atoms with Crippen LogP contribution in [0, 0.1) is 0 Å². The number of ether oxygens (including phenoxy) is 1. The lowest BCUT2D eigenvalue weighted by Gasteiger charge is -2.12. The van der Waals surface area contributed by atoms with Crippen molar-refractivity contribution in [1.82, 2.24) is 5.32 Å². The number of nitrogens with one attached hydrogen (secondary N) is 1. The summed E-state index contributed by atoms with van der Waals surface area (Å²) in [6.07, 6.45) is 1.64. The van der Waals surface area contributed by atoms with Crippen LogP contribution in [0.5, 0.6) is 0 Å². The fraction of sp³-hybridized carbons (Fsp3) is 0.500. The average Bonchev–Trinajstić information content (AvgIpc) is 2.01. The van der Waals surface area contributed by atoms with Gasteiger partial charge in [-0.15, -0.1) is 0 Å².